The zero-order chi connectivity index (χ0) is 17.7. The molecule has 0 radical (unpaired) electrons. The average molecular weight is 350 g/mol. The molecular formula is C17H20ClN3O3. The van der Waals surface area contributed by atoms with E-state index >= 15 is 0 Å². The van der Waals surface area contributed by atoms with Gasteiger partial charge in [-0.05, 0) is 38.3 Å². The number of aliphatic imine (C=N–C) groups is 1. The van der Waals surface area contributed by atoms with Gasteiger partial charge in [0.1, 0.15) is 11.4 Å². The molecular weight excluding hydrogens is 330 g/mol. The second-order valence-corrected chi connectivity index (χ2v) is 6.04. The number of nitrogens with zero attached hydrogens (tertiary/aromatic N) is 1. The van der Waals surface area contributed by atoms with Crippen molar-refractivity contribution in [2.45, 2.75) is 32.2 Å². The molecule has 7 heteroatoms. The molecule has 0 spiro atoms. The van der Waals surface area contributed by atoms with Crippen molar-refractivity contribution in [2.75, 3.05) is 6.61 Å². The van der Waals surface area contributed by atoms with Crippen LogP contribution in [0.15, 0.2) is 40.5 Å². The number of ketones is 1. The molecule has 24 heavy (non-hydrogen) atoms. The minimum absolute atomic E-state index is 0.00820. The number of nitrogens with two attached hydrogens (primary N) is 2. The first-order valence-electron chi connectivity index (χ1n) is 7.65. The van der Waals surface area contributed by atoms with Gasteiger partial charge in [-0.1, -0.05) is 23.7 Å². The summed E-state index contributed by atoms with van der Waals surface area (Å²) in [6.45, 7) is 1.09. The lowest BCUT2D eigenvalue weighted by atomic mass is 9.94. The summed E-state index contributed by atoms with van der Waals surface area (Å²) in [4.78, 5) is 28.6. The summed E-state index contributed by atoms with van der Waals surface area (Å²) in [5.74, 6) is -1.12. The summed E-state index contributed by atoms with van der Waals surface area (Å²) < 4.78 is 5.05. The molecule has 0 aromatic heterocycles. The van der Waals surface area contributed by atoms with Crippen LogP contribution in [0.4, 0.5) is 0 Å². The van der Waals surface area contributed by atoms with Gasteiger partial charge < -0.3 is 16.2 Å². The van der Waals surface area contributed by atoms with Crippen LogP contribution >= 0.6 is 11.6 Å². The standard InChI is InChI=1S/C17H20ClN3O3/c1-10(19)15(16(20)21-11-5-4-6-11)17(23)24-9-14(22)12-7-2-3-8-13(12)18/h2-3,7-8,11H,4-6,9,19H2,1H3,(H2,20,21)/b15-10+. The summed E-state index contributed by atoms with van der Waals surface area (Å²) in [6, 6.07) is 6.67. The summed E-state index contributed by atoms with van der Waals surface area (Å²) in [6.07, 6.45) is 2.98. The molecule has 0 bridgehead atoms. The highest BCUT2D eigenvalue weighted by Crippen LogP contribution is 2.22. The Hall–Kier alpha value is -2.34. The molecule has 1 aromatic rings. The molecule has 0 unspecified atom stereocenters. The lowest BCUT2D eigenvalue weighted by Gasteiger charge is -2.22. The number of Topliss-reactive ketones (excluding diaryl/α,β-unsaturated/α-hetero) is 1. The van der Waals surface area contributed by atoms with Gasteiger partial charge in [0, 0.05) is 11.3 Å². The first kappa shape index (κ1) is 18.0. The Kier molecular flexibility index (Phi) is 5.98. The number of ether oxygens (including phenoxy) is 1. The molecule has 1 saturated carbocycles. The molecule has 1 fully saturated rings. The number of carbonyl (C=O) groups excluding carboxylic acids is 2. The fourth-order valence-corrected chi connectivity index (χ4v) is 2.45. The van der Waals surface area contributed by atoms with Crippen molar-refractivity contribution in [3.05, 3.63) is 46.1 Å². The maximum atomic E-state index is 12.2. The van der Waals surface area contributed by atoms with Crippen molar-refractivity contribution < 1.29 is 14.3 Å². The Morgan fingerprint density at radius 3 is 2.50 bits per heavy atom. The molecule has 0 atom stereocenters. The predicted octanol–water partition coefficient (Wildman–Crippen LogP) is 2.21. The number of carbonyl (C=O) groups is 2. The van der Waals surface area contributed by atoms with Gasteiger partial charge in [0.2, 0.25) is 5.78 Å². The van der Waals surface area contributed by atoms with Crippen LogP contribution in [0, 0.1) is 0 Å². The fourth-order valence-electron chi connectivity index (χ4n) is 2.21. The Morgan fingerprint density at radius 2 is 1.96 bits per heavy atom. The quantitative estimate of drug-likeness (QED) is 0.269. The maximum absolute atomic E-state index is 12.2. The highest BCUT2D eigenvalue weighted by molar-refractivity contribution is 6.34. The van der Waals surface area contributed by atoms with Crippen molar-refractivity contribution in [1.82, 2.24) is 0 Å². The Balaban J connectivity index is 2.04. The van der Waals surface area contributed by atoms with Crippen LogP contribution in [0.3, 0.4) is 0 Å². The van der Waals surface area contributed by atoms with E-state index in [1.165, 1.54) is 6.92 Å². The second kappa shape index (κ2) is 7.97. The third kappa shape index (κ3) is 4.35. The van der Waals surface area contributed by atoms with E-state index in [0.29, 0.717) is 5.02 Å². The molecule has 1 aromatic carbocycles. The van der Waals surface area contributed by atoms with Crippen molar-refractivity contribution in [1.29, 1.82) is 0 Å². The van der Waals surface area contributed by atoms with E-state index in [1.54, 1.807) is 24.3 Å². The monoisotopic (exact) mass is 349 g/mol. The number of hydrogen-bond acceptors (Lipinski definition) is 5. The Morgan fingerprint density at radius 1 is 1.29 bits per heavy atom. The molecule has 1 aliphatic rings. The first-order chi connectivity index (χ1) is 11.4. The molecule has 0 saturated heterocycles. The molecule has 4 N–H and O–H groups in total. The summed E-state index contributed by atoms with van der Waals surface area (Å²) >= 11 is 5.95. The highest BCUT2D eigenvalue weighted by atomic mass is 35.5. The van der Waals surface area contributed by atoms with Crippen LogP contribution in [0.2, 0.25) is 5.02 Å². The lowest BCUT2D eigenvalue weighted by Crippen LogP contribution is -2.30. The molecule has 0 aliphatic heterocycles. The zero-order valence-electron chi connectivity index (χ0n) is 13.4. The van der Waals surface area contributed by atoms with E-state index in [1.807, 2.05) is 0 Å². The van der Waals surface area contributed by atoms with Crippen LogP contribution in [0.5, 0.6) is 0 Å². The van der Waals surface area contributed by atoms with Gasteiger partial charge in [-0.25, -0.2) is 4.79 Å². The normalized spacial score (nSPS) is 16.2. The van der Waals surface area contributed by atoms with Crippen LogP contribution in [0.1, 0.15) is 36.5 Å². The number of rotatable bonds is 6. The number of hydrogen-bond donors (Lipinski definition) is 2. The number of halogens is 1. The van der Waals surface area contributed by atoms with E-state index < -0.39 is 18.4 Å². The van der Waals surface area contributed by atoms with E-state index in [9.17, 15) is 9.59 Å². The smallest absolute Gasteiger partial charge is 0.344 e. The fraction of sp³-hybridized carbons (Fsp3) is 0.353. The SMILES string of the molecule is C/C(N)=C(\C(=O)OCC(=O)c1ccccc1Cl)C(N)=NC1CCC1. The van der Waals surface area contributed by atoms with Gasteiger partial charge in [0.25, 0.3) is 0 Å². The van der Waals surface area contributed by atoms with Crippen LogP contribution in [-0.2, 0) is 9.53 Å². The van der Waals surface area contributed by atoms with Crippen molar-refractivity contribution in [3.8, 4) is 0 Å². The zero-order valence-corrected chi connectivity index (χ0v) is 14.2. The molecule has 128 valence electrons. The van der Waals surface area contributed by atoms with Crippen molar-refractivity contribution in [3.63, 3.8) is 0 Å². The molecule has 0 amide bonds. The van der Waals surface area contributed by atoms with Gasteiger partial charge in [-0.15, -0.1) is 0 Å². The van der Waals surface area contributed by atoms with Crippen LogP contribution in [-0.4, -0.2) is 30.2 Å². The maximum Gasteiger partial charge on any atom is 0.344 e. The first-order valence-corrected chi connectivity index (χ1v) is 8.02. The molecule has 2 rings (SSSR count). The second-order valence-electron chi connectivity index (χ2n) is 5.64. The number of allylic oxidation sites excluding steroid dienone is 1. The third-order valence-corrected chi connectivity index (χ3v) is 4.09. The van der Waals surface area contributed by atoms with Crippen molar-refractivity contribution in [2.24, 2.45) is 16.5 Å². The largest absolute Gasteiger partial charge is 0.454 e. The van der Waals surface area contributed by atoms with Gasteiger partial charge in [-0.3, -0.25) is 9.79 Å². The van der Waals surface area contributed by atoms with Crippen molar-refractivity contribution >= 4 is 29.2 Å². The van der Waals surface area contributed by atoms with E-state index in [2.05, 4.69) is 4.99 Å². The van der Waals surface area contributed by atoms with E-state index in [4.69, 9.17) is 27.8 Å². The van der Waals surface area contributed by atoms with E-state index in [-0.39, 0.29) is 28.7 Å². The Bertz CT molecular complexity index is 705. The number of amidine groups is 1. The van der Waals surface area contributed by atoms with Gasteiger partial charge >= 0.3 is 5.97 Å². The third-order valence-electron chi connectivity index (χ3n) is 3.76. The topological polar surface area (TPSA) is 108 Å². The van der Waals surface area contributed by atoms with Crippen LogP contribution < -0.4 is 11.5 Å². The lowest BCUT2D eigenvalue weighted by molar-refractivity contribution is -0.137. The molecule has 1 aliphatic carbocycles. The number of benzene rings is 1. The average Bonchev–Trinajstić information content (AvgIpc) is 2.49. The minimum Gasteiger partial charge on any atom is -0.454 e. The van der Waals surface area contributed by atoms with E-state index in [0.717, 1.165) is 19.3 Å². The summed E-state index contributed by atoms with van der Waals surface area (Å²) in [5.41, 5.74) is 12.1. The molecule has 6 nitrogen and oxygen atoms in total. The summed E-state index contributed by atoms with van der Waals surface area (Å²) in [7, 11) is 0. The van der Waals surface area contributed by atoms with Gasteiger partial charge in [0.05, 0.1) is 11.1 Å². The minimum atomic E-state index is -0.768. The number of esters is 1. The molecule has 0 heterocycles. The van der Waals surface area contributed by atoms with Gasteiger partial charge in [-0.2, -0.15) is 0 Å². The van der Waals surface area contributed by atoms with Crippen LogP contribution in [0.25, 0.3) is 0 Å². The highest BCUT2D eigenvalue weighted by Gasteiger charge is 2.23. The Labute approximate surface area is 145 Å². The van der Waals surface area contributed by atoms with Gasteiger partial charge in [0.15, 0.2) is 6.61 Å². The summed E-state index contributed by atoms with van der Waals surface area (Å²) in [5, 5.41) is 0.301. The predicted molar refractivity (Wildman–Crippen MR) is 92.9 cm³/mol.